The van der Waals surface area contributed by atoms with E-state index in [1.807, 2.05) is 45.0 Å². The number of nitrogens with zero attached hydrogens (tertiary/aromatic N) is 6. The lowest BCUT2D eigenvalue weighted by atomic mass is 10.0. The van der Waals surface area contributed by atoms with Crippen LogP contribution >= 0.6 is 0 Å². The van der Waals surface area contributed by atoms with Crippen LogP contribution in [0.1, 0.15) is 68.5 Å². The van der Waals surface area contributed by atoms with E-state index in [0.29, 0.717) is 56.6 Å². The standard InChI is InChI=1S/C43H55N7O6/c1-8-9-24-55-41-44-38-36(26-33-15-10-32(25-37(33)54-7)27-48-20-22-49(23-21-48)42(51)56-43(2,3)4)46-47-39(38)40(45-41)50(28-30-11-16-34(52-5)17-12-30)29-31-13-18-35(53-6)19-14-31/h10-19,25H,8-9,20-24,26-29H2,1-7H3,(H,46,47). The predicted molar refractivity (Wildman–Crippen MR) is 217 cm³/mol. The van der Waals surface area contributed by atoms with Crippen LogP contribution in [0.5, 0.6) is 23.3 Å². The highest BCUT2D eigenvalue weighted by Crippen LogP contribution is 2.32. The van der Waals surface area contributed by atoms with Crippen molar-refractivity contribution in [2.45, 2.75) is 72.2 Å². The van der Waals surface area contributed by atoms with Crippen LogP contribution in [0.3, 0.4) is 0 Å². The number of aromatic amines is 1. The molecular formula is C43H55N7O6. The number of fused-ring (bicyclic) bond motifs is 1. The normalized spacial score (nSPS) is 13.4. The molecule has 1 saturated heterocycles. The van der Waals surface area contributed by atoms with E-state index in [1.165, 1.54) is 0 Å². The van der Waals surface area contributed by atoms with Crippen molar-refractivity contribution in [3.8, 4) is 23.3 Å². The zero-order valence-corrected chi connectivity index (χ0v) is 33.8. The Morgan fingerprint density at radius 3 is 2.02 bits per heavy atom. The van der Waals surface area contributed by atoms with Crippen molar-refractivity contribution in [2.24, 2.45) is 0 Å². The molecule has 1 aliphatic rings. The van der Waals surface area contributed by atoms with E-state index in [-0.39, 0.29) is 6.09 Å². The maximum atomic E-state index is 12.6. The number of hydrogen-bond donors (Lipinski definition) is 1. The Balaban J connectivity index is 1.27. The summed E-state index contributed by atoms with van der Waals surface area (Å²) in [5.41, 5.74) is 5.99. The number of piperazine rings is 1. The quantitative estimate of drug-likeness (QED) is 0.101. The van der Waals surface area contributed by atoms with E-state index in [0.717, 1.165) is 83.2 Å². The summed E-state index contributed by atoms with van der Waals surface area (Å²) in [7, 11) is 5.03. The van der Waals surface area contributed by atoms with Gasteiger partial charge < -0.3 is 33.5 Å². The molecule has 298 valence electrons. The minimum atomic E-state index is -0.509. The van der Waals surface area contributed by atoms with Crippen LogP contribution in [0.15, 0.2) is 66.7 Å². The second kappa shape index (κ2) is 18.4. The Kier molecular flexibility index (Phi) is 13.2. The maximum absolute atomic E-state index is 12.6. The number of benzene rings is 3. The first-order chi connectivity index (χ1) is 27.0. The van der Waals surface area contributed by atoms with Gasteiger partial charge in [-0.25, -0.2) is 4.79 Å². The summed E-state index contributed by atoms with van der Waals surface area (Å²) in [5, 5.41) is 8.11. The number of unbranched alkanes of at least 4 members (excludes halogenated alkanes) is 1. The van der Waals surface area contributed by atoms with Gasteiger partial charge in [-0.05, 0) is 74.2 Å². The average Bonchev–Trinajstić information content (AvgIpc) is 3.60. The first kappa shape index (κ1) is 40.1. The summed E-state index contributed by atoms with van der Waals surface area (Å²) < 4.78 is 28.5. The van der Waals surface area contributed by atoms with E-state index >= 15 is 0 Å². The van der Waals surface area contributed by atoms with Gasteiger partial charge in [0.15, 0.2) is 5.82 Å². The number of methoxy groups -OCH3 is 3. The van der Waals surface area contributed by atoms with Crippen molar-refractivity contribution in [1.29, 1.82) is 0 Å². The molecule has 0 spiro atoms. The number of aromatic nitrogens is 4. The highest BCUT2D eigenvalue weighted by Gasteiger charge is 2.26. The van der Waals surface area contributed by atoms with Gasteiger partial charge in [-0.2, -0.15) is 15.1 Å². The van der Waals surface area contributed by atoms with Gasteiger partial charge >= 0.3 is 12.1 Å². The summed E-state index contributed by atoms with van der Waals surface area (Å²) in [6.45, 7) is 13.0. The molecule has 1 N–H and O–H groups in total. The molecule has 3 heterocycles. The first-order valence-electron chi connectivity index (χ1n) is 19.3. The van der Waals surface area contributed by atoms with Crippen LogP contribution in [0, 0.1) is 0 Å². The summed E-state index contributed by atoms with van der Waals surface area (Å²) in [5.74, 6) is 3.07. The molecule has 0 atom stereocenters. The minimum Gasteiger partial charge on any atom is -0.497 e. The molecule has 13 heteroatoms. The second-order valence-electron chi connectivity index (χ2n) is 15.0. The molecule has 1 fully saturated rings. The summed E-state index contributed by atoms with van der Waals surface area (Å²) >= 11 is 0. The molecule has 6 rings (SSSR count). The molecule has 0 bridgehead atoms. The highest BCUT2D eigenvalue weighted by molar-refractivity contribution is 5.88. The Morgan fingerprint density at radius 1 is 0.821 bits per heavy atom. The number of carbonyl (C=O) groups excluding carboxylic acids is 1. The van der Waals surface area contributed by atoms with Gasteiger partial charge in [0.2, 0.25) is 0 Å². The second-order valence-corrected chi connectivity index (χ2v) is 15.0. The Labute approximate surface area is 329 Å². The zero-order valence-electron chi connectivity index (χ0n) is 33.8. The molecule has 1 aliphatic heterocycles. The van der Waals surface area contributed by atoms with Crippen molar-refractivity contribution in [3.63, 3.8) is 0 Å². The number of anilines is 1. The van der Waals surface area contributed by atoms with Gasteiger partial charge in [0.1, 0.15) is 33.9 Å². The molecule has 1 amide bonds. The molecule has 0 saturated carbocycles. The molecule has 2 aromatic heterocycles. The number of nitrogens with one attached hydrogen (secondary N) is 1. The topological polar surface area (TPSA) is 127 Å². The van der Waals surface area contributed by atoms with Crippen molar-refractivity contribution >= 4 is 22.9 Å². The van der Waals surface area contributed by atoms with Crippen LogP contribution in [0.2, 0.25) is 0 Å². The molecule has 0 unspecified atom stereocenters. The Morgan fingerprint density at radius 2 is 1.45 bits per heavy atom. The van der Waals surface area contributed by atoms with Crippen LogP contribution in [0.4, 0.5) is 10.6 Å². The number of carbonyl (C=O) groups is 1. The molecule has 56 heavy (non-hydrogen) atoms. The summed E-state index contributed by atoms with van der Waals surface area (Å²) in [4.78, 5) is 28.8. The fourth-order valence-corrected chi connectivity index (χ4v) is 6.64. The predicted octanol–water partition coefficient (Wildman–Crippen LogP) is 7.41. The van der Waals surface area contributed by atoms with Crippen LogP contribution in [0.25, 0.3) is 11.0 Å². The minimum absolute atomic E-state index is 0.256. The van der Waals surface area contributed by atoms with Crippen LogP contribution in [-0.4, -0.2) is 95.8 Å². The van der Waals surface area contributed by atoms with Gasteiger partial charge in [-0.3, -0.25) is 10.00 Å². The number of amides is 1. The fourth-order valence-electron chi connectivity index (χ4n) is 6.64. The van der Waals surface area contributed by atoms with Crippen molar-refractivity contribution in [2.75, 3.05) is 59.0 Å². The van der Waals surface area contributed by atoms with Gasteiger partial charge in [0.25, 0.3) is 0 Å². The highest BCUT2D eigenvalue weighted by atomic mass is 16.6. The monoisotopic (exact) mass is 765 g/mol. The molecule has 0 radical (unpaired) electrons. The van der Waals surface area contributed by atoms with E-state index in [9.17, 15) is 4.79 Å². The van der Waals surface area contributed by atoms with Gasteiger partial charge in [0, 0.05) is 57.8 Å². The molecule has 5 aromatic rings. The lowest BCUT2D eigenvalue weighted by molar-refractivity contribution is 0.0139. The van der Waals surface area contributed by atoms with E-state index < -0.39 is 5.60 Å². The Hall–Kier alpha value is -5.56. The van der Waals surface area contributed by atoms with E-state index in [4.69, 9.17) is 38.8 Å². The summed E-state index contributed by atoms with van der Waals surface area (Å²) in [6.07, 6.45) is 2.11. The third-order valence-corrected chi connectivity index (χ3v) is 9.68. The van der Waals surface area contributed by atoms with Gasteiger partial charge in [-0.15, -0.1) is 0 Å². The Bertz CT molecular complexity index is 1990. The largest absolute Gasteiger partial charge is 0.497 e. The first-order valence-corrected chi connectivity index (χ1v) is 19.3. The van der Waals surface area contributed by atoms with Gasteiger partial charge in [-0.1, -0.05) is 49.7 Å². The van der Waals surface area contributed by atoms with Gasteiger partial charge in [0.05, 0.1) is 33.6 Å². The number of ether oxygens (including phenoxy) is 5. The third-order valence-electron chi connectivity index (χ3n) is 9.68. The SMILES string of the molecule is CCCCOc1nc(N(Cc2ccc(OC)cc2)Cc2ccc(OC)cc2)c2[nH]nc(Cc3ccc(CN4CCN(C(=O)OC(C)(C)C)CC4)cc3OC)c2n1. The maximum Gasteiger partial charge on any atom is 0.410 e. The average molecular weight is 766 g/mol. The fraction of sp³-hybridized carbons (Fsp3) is 0.442. The lowest BCUT2D eigenvalue weighted by Gasteiger charge is -2.35. The van der Waals surface area contributed by atoms with Crippen LogP contribution < -0.4 is 23.8 Å². The smallest absolute Gasteiger partial charge is 0.410 e. The lowest BCUT2D eigenvalue weighted by Crippen LogP contribution is -2.49. The molecule has 3 aromatic carbocycles. The third kappa shape index (κ3) is 10.4. The summed E-state index contributed by atoms with van der Waals surface area (Å²) in [6, 6.07) is 22.8. The van der Waals surface area contributed by atoms with Crippen molar-refractivity contribution < 1.29 is 28.5 Å². The zero-order chi connectivity index (χ0) is 39.7. The van der Waals surface area contributed by atoms with Crippen molar-refractivity contribution in [3.05, 3.63) is 94.7 Å². The molecular weight excluding hydrogens is 711 g/mol. The number of rotatable bonds is 16. The van der Waals surface area contributed by atoms with E-state index in [2.05, 4.69) is 64.3 Å². The molecule has 13 nitrogen and oxygen atoms in total. The number of H-pyrrole nitrogens is 1. The van der Waals surface area contributed by atoms with E-state index in [1.54, 1.807) is 26.2 Å². The van der Waals surface area contributed by atoms with Crippen LogP contribution in [-0.2, 0) is 30.8 Å². The van der Waals surface area contributed by atoms with Crippen molar-refractivity contribution in [1.82, 2.24) is 30.0 Å². The molecule has 0 aliphatic carbocycles. The number of hydrogen-bond acceptors (Lipinski definition) is 11.